The maximum atomic E-state index is 12.0. The molecule has 21 heavy (non-hydrogen) atoms. The second kappa shape index (κ2) is 5.72. The molecule has 2 aromatic heterocycles. The van der Waals surface area contributed by atoms with Crippen LogP contribution in [0, 0.1) is 0 Å². The Kier molecular flexibility index (Phi) is 3.61. The predicted octanol–water partition coefficient (Wildman–Crippen LogP) is 2.57. The van der Waals surface area contributed by atoms with Crippen LogP contribution in [0.3, 0.4) is 0 Å². The molecule has 0 bridgehead atoms. The molecule has 0 radical (unpaired) electrons. The third-order valence-corrected chi connectivity index (χ3v) is 2.94. The van der Waals surface area contributed by atoms with E-state index in [1.807, 2.05) is 24.4 Å². The summed E-state index contributed by atoms with van der Waals surface area (Å²) >= 11 is 5.63. The Labute approximate surface area is 125 Å². The van der Waals surface area contributed by atoms with Crippen molar-refractivity contribution >= 4 is 23.2 Å². The van der Waals surface area contributed by atoms with Gasteiger partial charge in [-0.3, -0.25) is 4.79 Å². The van der Waals surface area contributed by atoms with Crippen molar-refractivity contribution in [3.8, 4) is 5.69 Å². The highest BCUT2D eigenvalue weighted by molar-refractivity contribution is 6.29. The van der Waals surface area contributed by atoms with Gasteiger partial charge in [-0.1, -0.05) is 11.6 Å². The zero-order valence-electron chi connectivity index (χ0n) is 10.8. The standard InChI is InChI=1S/C14H10ClN5O/c15-13-9-16-12(8-17-13)14(21)19-10-2-4-11(5-3-10)20-7-1-6-18-20/h1-9H,(H,19,21). The van der Waals surface area contributed by atoms with Crippen molar-refractivity contribution < 1.29 is 4.79 Å². The van der Waals surface area contributed by atoms with E-state index in [1.54, 1.807) is 23.0 Å². The van der Waals surface area contributed by atoms with Crippen molar-refractivity contribution in [3.63, 3.8) is 0 Å². The Bertz CT molecular complexity index is 738. The summed E-state index contributed by atoms with van der Waals surface area (Å²) in [7, 11) is 0. The number of anilines is 1. The predicted molar refractivity (Wildman–Crippen MR) is 78.6 cm³/mol. The summed E-state index contributed by atoms with van der Waals surface area (Å²) < 4.78 is 1.73. The van der Waals surface area contributed by atoms with Gasteiger partial charge in [0.05, 0.1) is 18.1 Å². The van der Waals surface area contributed by atoms with Crippen LogP contribution in [0.15, 0.2) is 55.1 Å². The molecule has 2 heterocycles. The number of hydrogen-bond donors (Lipinski definition) is 1. The number of rotatable bonds is 3. The maximum absolute atomic E-state index is 12.0. The first kappa shape index (κ1) is 13.3. The molecule has 3 rings (SSSR count). The van der Waals surface area contributed by atoms with Crippen LogP contribution in [-0.2, 0) is 0 Å². The van der Waals surface area contributed by atoms with Gasteiger partial charge in [-0.25, -0.2) is 14.6 Å². The fourth-order valence-corrected chi connectivity index (χ4v) is 1.84. The second-order valence-electron chi connectivity index (χ2n) is 4.18. The van der Waals surface area contributed by atoms with Crippen molar-refractivity contribution in [1.29, 1.82) is 0 Å². The van der Waals surface area contributed by atoms with E-state index in [9.17, 15) is 4.79 Å². The Morgan fingerprint density at radius 3 is 2.57 bits per heavy atom. The quantitative estimate of drug-likeness (QED) is 0.806. The number of carbonyl (C=O) groups excluding carboxylic acids is 1. The van der Waals surface area contributed by atoms with Crippen LogP contribution in [0.1, 0.15) is 10.5 Å². The SMILES string of the molecule is O=C(Nc1ccc(-n2cccn2)cc1)c1cnc(Cl)cn1. The van der Waals surface area contributed by atoms with E-state index in [4.69, 9.17) is 11.6 Å². The number of halogens is 1. The molecule has 0 aliphatic heterocycles. The minimum Gasteiger partial charge on any atom is -0.321 e. The molecule has 0 saturated carbocycles. The third kappa shape index (κ3) is 3.06. The zero-order valence-corrected chi connectivity index (χ0v) is 11.5. The van der Waals surface area contributed by atoms with E-state index < -0.39 is 0 Å². The van der Waals surface area contributed by atoms with E-state index in [-0.39, 0.29) is 16.8 Å². The van der Waals surface area contributed by atoms with Crippen LogP contribution in [0.4, 0.5) is 5.69 Å². The number of carbonyl (C=O) groups is 1. The van der Waals surface area contributed by atoms with Crippen molar-refractivity contribution in [2.24, 2.45) is 0 Å². The fraction of sp³-hybridized carbons (Fsp3) is 0. The largest absolute Gasteiger partial charge is 0.321 e. The highest BCUT2D eigenvalue weighted by Crippen LogP contribution is 2.13. The van der Waals surface area contributed by atoms with E-state index in [1.165, 1.54) is 12.4 Å². The number of amides is 1. The van der Waals surface area contributed by atoms with Crippen LogP contribution < -0.4 is 5.32 Å². The average molecular weight is 300 g/mol. The summed E-state index contributed by atoms with van der Waals surface area (Å²) in [6.07, 6.45) is 6.21. The Balaban J connectivity index is 1.73. The first-order chi connectivity index (χ1) is 10.2. The summed E-state index contributed by atoms with van der Waals surface area (Å²) in [5.74, 6) is -0.342. The molecule has 0 fully saturated rings. The minimum absolute atomic E-state index is 0.204. The van der Waals surface area contributed by atoms with Gasteiger partial charge in [0.1, 0.15) is 10.8 Å². The monoisotopic (exact) mass is 299 g/mol. The first-order valence-corrected chi connectivity index (χ1v) is 6.49. The Morgan fingerprint density at radius 1 is 1.14 bits per heavy atom. The van der Waals surface area contributed by atoms with Gasteiger partial charge < -0.3 is 5.32 Å². The third-order valence-electron chi connectivity index (χ3n) is 2.75. The number of aromatic nitrogens is 4. The van der Waals surface area contributed by atoms with Gasteiger partial charge >= 0.3 is 0 Å². The van der Waals surface area contributed by atoms with Crippen LogP contribution in [0.25, 0.3) is 5.69 Å². The summed E-state index contributed by atoms with van der Waals surface area (Å²) in [4.78, 5) is 19.7. The van der Waals surface area contributed by atoms with Crippen LogP contribution >= 0.6 is 11.6 Å². The van der Waals surface area contributed by atoms with Crippen LogP contribution in [0.5, 0.6) is 0 Å². The van der Waals surface area contributed by atoms with Crippen molar-refractivity contribution in [2.45, 2.75) is 0 Å². The van der Waals surface area contributed by atoms with Gasteiger partial charge in [0, 0.05) is 18.1 Å². The molecule has 0 unspecified atom stereocenters. The minimum atomic E-state index is -0.342. The molecule has 0 aliphatic rings. The molecule has 1 N–H and O–H groups in total. The van der Waals surface area contributed by atoms with Crippen LogP contribution in [-0.4, -0.2) is 25.7 Å². The highest BCUT2D eigenvalue weighted by Gasteiger charge is 2.08. The fourth-order valence-electron chi connectivity index (χ4n) is 1.74. The van der Waals surface area contributed by atoms with E-state index in [0.29, 0.717) is 5.69 Å². The normalized spacial score (nSPS) is 10.3. The average Bonchev–Trinajstić information content (AvgIpc) is 3.03. The maximum Gasteiger partial charge on any atom is 0.275 e. The highest BCUT2D eigenvalue weighted by atomic mass is 35.5. The summed E-state index contributed by atoms with van der Waals surface area (Å²) in [5.41, 5.74) is 1.77. The van der Waals surface area contributed by atoms with Gasteiger partial charge in [-0.15, -0.1) is 0 Å². The molecule has 0 saturated heterocycles. The van der Waals surface area contributed by atoms with Gasteiger partial charge in [-0.2, -0.15) is 5.10 Å². The second-order valence-corrected chi connectivity index (χ2v) is 4.56. The lowest BCUT2D eigenvalue weighted by Crippen LogP contribution is -2.13. The molecule has 0 spiro atoms. The molecule has 0 aliphatic carbocycles. The van der Waals surface area contributed by atoms with Crippen molar-refractivity contribution in [1.82, 2.24) is 19.7 Å². The first-order valence-electron chi connectivity index (χ1n) is 6.11. The van der Waals surface area contributed by atoms with Gasteiger partial charge in [-0.05, 0) is 30.3 Å². The molecule has 1 amide bonds. The molecule has 7 heteroatoms. The molecular formula is C14H10ClN5O. The molecule has 0 atom stereocenters. The smallest absolute Gasteiger partial charge is 0.275 e. The number of nitrogens with zero attached hydrogens (tertiary/aromatic N) is 4. The summed E-state index contributed by atoms with van der Waals surface area (Å²) in [5, 5.41) is 7.11. The topological polar surface area (TPSA) is 72.7 Å². The van der Waals surface area contributed by atoms with Crippen molar-refractivity contribution in [3.05, 3.63) is 66.0 Å². The van der Waals surface area contributed by atoms with Gasteiger partial charge in [0.25, 0.3) is 5.91 Å². The van der Waals surface area contributed by atoms with Crippen LogP contribution in [0.2, 0.25) is 5.15 Å². The lowest BCUT2D eigenvalue weighted by atomic mass is 10.2. The summed E-state index contributed by atoms with van der Waals surface area (Å²) in [6, 6.07) is 9.14. The lowest BCUT2D eigenvalue weighted by molar-refractivity contribution is 0.102. The molecule has 6 nitrogen and oxygen atoms in total. The molecule has 104 valence electrons. The number of benzene rings is 1. The zero-order chi connectivity index (χ0) is 14.7. The number of hydrogen-bond acceptors (Lipinski definition) is 4. The Hall–Kier alpha value is -2.73. The van der Waals surface area contributed by atoms with Gasteiger partial charge in [0.2, 0.25) is 0 Å². The Morgan fingerprint density at radius 2 is 1.95 bits per heavy atom. The molecule has 3 aromatic rings. The van der Waals surface area contributed by atoms with Gasteiger partial charge in [0.15, 0.2) is 0 Å². The molecular weight excluding hydrogens is 290 g/mol. The van der Waals surface area contributed by atoms with Crippen molar-refractivity contribution in [2.75, 3.05) is 5.32 Å². The lowest BCUT2D eigenvalue weighted by Gasteiger charge is -2.06. The van der Waals surface area contributed by atoms with E-state index in [2.05, 4.69) is 20.4 Å². The van der Waals surface area contributed by atoms with E-state index in [0.717, 1.165) is 5.69 Å². The van der Waals surface area contributed by atoms with E-state index >= 15 is 0 Å². The molecule has 1 aromatic carbocycles. The number of nitrogens with one attached hydrogen (secondary N) is 1. The summed E-state index contributed by atoms with van der Waals surface area (Å²) in [6.45, 7) is 0.